The van der Waals surface area contributed by atoms with E-state index in [-0.39, 0.29) is 5.91 Å². The lowest BCUT2D eigenvalue weighted by Gasteiger charge is -2.22. The number of aryl methyl sites for hydroxylation is 1. The molecule has 1 heterocycles. The third-order valence-corrected chi connectivity index (χ3v) is 3.61. The zero-order chi connectivity index (χ0) is 13.9. The predicted octanol–water partition coefficient (Wildman–Crippen LogP) is 3.46. The molecular formula is C17H18N2O. The molecule has 1 N–H and O–H groups in total. The van der Waals surface area contributed by atoms with Crippen molar-refractivity contribution in [2.75, 3.05) is 23.3 Å². The molecule has 1 amide bonds. The van der Waals surface area contributed by atoms with Crippen LogP contribution in [0.15, 0.2) is 48.5 Å². The fraction of sp³-hybridized carbons (Fsp3) is 0.235. The molecule has 0 radical (unpaired) electrons. The number of benzene rings is 2. The minimum absolute atomic E-state index is 0.0705. The molecule has 0 fully saturated rings. The molecule has 0 aliphatic carbocycles. The van der Waals surface area contributed by atoms with Gasteiger partial charge in [0.2, 0.25) is 0 Å². The maximum Gasteiger partial charge on any atom is 0.258 e. The Morgan fingerprint density at radius 2 is 1.85 bits per heavy atom. The van der Waals surface area contributed by atoms with Crippen molar-refractivity contribution >= 4 is 17.3 Å². The number of amides is 1. The molecule has 0 saturated carbocycles. The van der Waals surface area contributed by atoms with Crippen LogP contribution in [0.1, 0.15) is 22.3 Å². The Balaban J connectivity index is 1.97. The van der Waals surface area contributed by atoms with Gasteiger partial charge in [-0.05, 0) is 37.6 Å². The van der Waals surface area contributed by atoms with Crippen LogP contribution in [0.4, 0.5) is 11.4 Å². The molecule has 0 bridgehead atoms. The fourth-order valence-electron chi connectivity index (χ4n) is 2.50. The molecule has 0 aromatic heterocycles. The zero-order valence-electron chi connectivity index (χ0n) is 11.6. The highest BCUT2D eigenvalue weighted by molar-refractivity contribution is 6.07. The van der Waals surface area contributed by atoms with Crippen LogP contribution in [0.5, 0.6) is 0 Å². The number of carbonyl (C=O) groups is 1. The summed E-state index contributed by atoms with van der Waals surface area (Å²) in [6.45, 7) is 3.67. The summed E-state index contributed by atoms with van der Waals surface area (Å²) < 4.78 is 0. The number of nitrogens with one attached hydrogen (secondary N) is 1. The number of para-hydroxylation sites is 2. The highest BCUT2D eigenvalue weighted by atomic mass is 16.2. The molecule has 3 heteroatoms. The third kappa shape index (κ3) is 2.39. The fourth-order valence-corrected chi connectivity index (χ4v) is 2.50. The lowest BCUT2D eigenvalue weighted by Crippen LogP contribution is -2.31. The van der Waals surface area contributed by atoms with Crippen LogP contribution in [-0.4, -0.2) is 19.0 Å². The molecule has 0 unspecified atom stereocenters. The summed E-state index contributed by atoms with van der Waals surface area (Å²) >= 11 is 0. The lowest BCUT2D eigenvalue weighted by atomic mass is 10.1. The molecule has 2 aromatic rings. The summed E-state index contributed by atoms with van der Waals surface area (Å²) in [5, 5.41) is 3.38. The van der Waals surface area contributed by atoms with Crippen LogP contribution >= 0.6 is 0 Å². The van der Waals surface area contributed by atoms with Gasteiger partial charge in [-0.15, -0.1) is 0 Å². The quantitative estimate of drug-likeness (QED) is 0.857. The normalized spacial score (nSPS) is 14.2. The average molecular weight is 266 g/mol. The summed E-state index contributed by atoms with van der Waals surface area (Å²) in [6, 6.07) is 15.8. The number of hydrogen-bond donors (Lipinski definition) is 1. The SMILES string of the molecule is Cc1ccc(C(=O)N2CCCNc3ccccc32)cc1. The van der Waals surface area contributed by atoms with E-state index in [9.17, 15) is 4.79 Å². The Labute approximate surface area is 119 Å². The van der Waals surface area contributed by atoms with Gasteiger partial charge < -0.3 is 10.2 Å². The van der Waals surface area contributed by atoms with Crippen molar-refractivity contribution in [2.45, 2.75) is 13.3 Å². The zero-order valence-corrected chi connectivity index (χ0v) is 11.6. The summed E-state index contributed by atoms with van der Waals surface area (Å²) in [6.07, 6.45) is 0.951. The monoisotopic (exact) mass is 266 g/mol. The number of anilines is 2. The molecule has 1 aliphatic heterocycles. The number of carbonyl (C=O) groups excluding carboxylic acids is 1. The van der Waals surface area contributed by atoms with E-state index in [2.05, 4.69) is 5.32 Å². The summed E-state index contributed by atoms with van der Waals surface area (Å²) in [5.74, 6) is 0.0705. The van der Waals surface area contributed by atoms with E-state index in [0.717, 1.165) is 36.4 Å². The van der Waals surface area contributed by atoms with E-state index >= 15 is 0 Å². The van der Waals surface area contributed by atoms with Gasteiger partial charge in [-0.1, -0.05) is 29.8 Å². The Morgan fingerprint density at radius 3 is 2.65 bits per heavy atom. The maximum atomic E-state index is 12.7. The largest absolute Gasteiger partial charge is 0.383 e. The number of rotatable bonds is 1. The van der Waals surface area contributed by atoms with Gasteiger partial charge in [0.05, 0.1) is 11.4 Å². The summed E-state index contributed by atoms with van der Waals surface area (Å²) in [7, 11) is 0. The highest BCUT2D eigenvalue weighted by Gasteiger charge is 2.21. The molecule has 20 heavy (non-hydrogen) atoms. The van der Waals surface area contributed by atoms with Gasteiger partial charge >= 0.3 is 0 Å². The van der Waals surface area contributed by atoms with Crippen molar-refractivity contribution in [3.63, 3.8) is 0 Å². The summed E-state index contributed by atoms with van der Waals surface area (Å²) in [4.78, 5) is 14.6. The molecule has 3 nitrogen and oxygen atoms in total. The average Bonchev–Trinajstić information content (AvgIpc) is 2.69. The van der Waals surface area contributed by atoms with E-state index < -0.39 is 0 Å². The molecule has 0 atom stereocenters. The van der Waals surface area contributed by atoms with Gasteiger partial charge in [0.25, 0.3) is 5.91 Å². The Kier molecular flexibility index (Phi) is 3.42. The van der Waals surface area contributed by atoms with E-state index in [0.29, 0.717) is 0 Å². The standard InChI is InChI=1S/C17H18N2O/c1-13-7-9-14(10-8-13)17(20)19-12-4-11-18-15-5-2-3-6-16(15)19/h2-3,5-10,18H,4,11-12H2,1H3. The van der Waals surface area contributed by atoms with Gasteiger partial charge in [-0.3, -0.25) is 4.79 Å². The first kappa shape index (κ1) is 12.7. The molecule has 0 saturated heterocycles. The van der Waals surface area contributed by atoms with Gasteiger partial charge in [0.1, 0.15) is 0 Å². The van der Waals surface area contributed by atoms with Crippen LogP contribution in [-0.2, 0) is 0 Å². The van der Waals surface area contributed by atoms with Gasteiger partial charge in [0, 0.05) is 18.7 Å². The van der Waals surface area contributed by atoms with Crippen molar-refractivity contribution in [1.82, 2.24) is 0 Å². The number of hydrogen-bond acceptors (Lipinski definition) is 2. The number of fused-ring (bicyclic) bond motifs is 1. The van der Waals surface area contributed by atoms with Crippen molar-refractivity contribution < 1.29 is 4.79 Å². The first-order chi connectivity index (χ1) is 9.75. The highest BCUT2D eigenvalue weighted by Crippen LogP contribution is 2.29. The Hall–Kier alpha value is -2.29. The van der Waals surface area contributed by atoms with Crippen molar-refractivity contribution in [2.24, 2.45) is 0 Å². The Bertz CT molecular complexity index is 619. The molecule has 1 aliphatic rings. The molecule has 102 valence electrons. The van der Waals surface area contributed by atoms with Crippen molar-refractivity contribution in [3.8, 4) is 0 Å². The van der Waals surface area contributed by atoms with Crippen LogP contribution in [0.25, 0.3) is 0 Å². The van der Waals surface area contributed by atoms with Crippen molar-refractivity contribution in [1.29, 1.82) is 0 Å². The van der Waals surface area contributed by atoms with Crippen molar-refractivity contribution in [3.05, 3.63) is 59.7 Å². The Morgan fingerprint density at radius 1 is 1.10 bits per heavy atom. The van der Waals surface area contributed by atoms with Crippen LogP contribution in [0.2, 0.25) is 0 Å². The summed E-state index contributed by atoms with van der Waals surface area (Å²) in [5.41, 5.74) is 3.91. The first-order valence-electron chi connectivity index (χ1n) is 6.97. The van der Waals surface area contributed by atoms with E-state index in [4.69, 9.17) is 0 Å². The van der Waals surface area contributed by atoms with E-state index in [1.54, 1.807) is 0 Å². The van der Waals surface area contributed by atoms with Gasteiger partial charge in [0.15, 0.2) is 0 Å². The first-order valence-corrected chi connectivity index (χ1v) is 6.97. The predicted molar refractivity (Wildman–Crippen MR) is 82.4 cm³/mol. The second kappa shape index (κ2) is 5.37. The second-order valence-electron chi connectivity index (χ2n) is 5.12. The molecule has 3 rings (SSSR count). The lowest BCUT2D eigenvalue weighted by molar-refractivity contribution is 0.0987. The van der Waals surface area contributed by atoms with Crippen LogP contribution in [0.3, 0.4) is 0 Å². The molecular weight excluding hydrogens is 248 g/mol. The smallest absolute Gasteiger partial charge is 0.258 e. The van der Waals surface area contributed by atoms with Crippen LogP contribution < -0.4 is 10.2 Å². The van der Waals surface area contributed by atoms with Gasteiger partial charge in [-0.25, -0.2) is 0 Å². The van der Waals surface area contributed by atoms with E-state index in [1.165, 1.54) is 5.56 Å². The third-order valence-electron chi connectivity index (χ3n) is 3.61. The second-order valence-corrected chi connectivity index (χ2v) is 5.12. The molecule has 2 aromatic carbocycles. The molecule has 0 spiro atoms. The minimum atomic E-state index is 0.0705. The topological polar surface area (TPSA) is 32.3 Å². The van der Waals surface area contributed by atoms with Gasteiger partial charge in [-0.2, -0.15) is 0 Å². The minimum Gasteiger partial charge on any atom is -0.383 e. The van der Waals surface area contributed by atoms with Crippen LogP contribution in [0, 0.1) is 6.92 Å². The maximum absolute atomic E-state index is 12.7. The van der Waals surface area contributed by atoms with E-state index in [1.807, 2.05) is 60.4 Å². The number of nitrogens with zero attached hydrogens (tertiary/aromatic N) is 1.